The van der Waals surface area contributed by atoms with Crippen molar-refractivity contribution >= 4 is 39.7 Å². The lowest BCUT2D eigenvalue weighted by Crippen LogP contribution is -2.11. The number of nitriles is 1. The predicted molar refractivity (Wildman–Crippen MR) is 157 cm³/mol. The Morgan fingerprint density at radius 2 is 2.15 bits per heavy atom. The maximum absolute atomic E-state index is 13.1. The third kappa shape index (κ3) is 7.35. The summed E-state index contributed by atoms with van der Waals surface area (Å²) in [6.07, 6.45) is 3.01. The number of nitrogens with zero attached hydrogens (tertiary/aromatic N) is 4. The molecule has 0 spiro atoms. The average molecular weight is 567 g/mol. The summed E-state index contributed by atoms with van der Waals surface area (Å²) in [5, 5.41) is 13.3. The third-order valence-corrected chi connectivity index (χ3v) is 5.71. The number of allylic oxidation sites excluding steroid dienone is 1. The number of aromatic nitrogens is 2. The van der Waals surface area contributed by atoms with Crippen LogP contribution in [0.1, 0.15) is 38.8 Å². The van der Waals surface area contributed by atoms with Crippen molar-refractivity contribution in [1.29, 1.82) is 5.26 Å². The van der Waals surface area contributed by atoms with E-state index in [2.05, 4.69) is 15.3 Å². The van der Waals surface area contributed by atoms with E-state index in [0.717, 1.165) is 11.0 Å². The number of hydrogen-bond donors (Lipinski definition) is 1. The summed E-state index contributed by atoms with van der Waals surface area (Å²) < 4.78 is 96.6. The molecule has 0 unspecified atom stereocenters. The minimum absolute atomic E-state index is 0.00374. The summed E-state index contributed by atoms with van der Waals surface area (Å²) in [6.45, 7) is -11.6. The average Bonchev–Trinajstić information content (AvgIpc) is 3.02. The molecule has 4 rings (SSSR count). The summed E-state index contributed by atoms with van der Waals surface area (Å²) in [4.78, 5) is 22.2. The first kappa shape index (κ1) is 17.3. The topological polar surface area (TPSA) is 100 Å². The zero-order chi connectivity index (χ0) is 37.9. The monoisotopic (exact) mass is 566 g/mol. The van der Waals surface area contributed by atoms with Crippen molar-refractivity contribution < 1.29 is 29.3 Å². The maximum atomic E-state index is 13.1. The molecule has 2 heterocycles. The number of halogens is 1. The summed E-state index contributed by atoms with van der Waals surface area (Å²) in [5.41, 5.74) is 0.655. The van der Waals surface area contributed by atoms with E-state index in [0.29, 0.717) is 5.69 Å². The Balaban J connectivity index is 1.75. The molecule has 0 fully saturated rings. The highest BCUT2D eigenvalue weighted by molar-refractivity contribution is 6.32. The van der Waals surface area contributed by atoms with E-state index < -0.39 is 39.1 Å². The predicted octanol–water partition coefficient (Wildman–Crippen LogP) is 6.11. The molecular weight excluding hydrogens is 526 g/mol. The Bertz CT molecular complexity index is 2000. The molecule has 8 nitrogen and oxygen atoms in total. The lowest BCUT2D eigenvalue weighted by Gasteiger charge is -2.16. The van der Waals surface area contributed by atoms with Gasteiger partial charge in [-0.05, 0) is 63.3 Å². The molecule has 9 heteroatoms. The Labute approximate surface area is 254 Å². The highest BCUT2D eigenvalue weighted by Gasteiger charge is 2.16. The summed E-state index contributed by atoms with van der Waals surface area (Å²) in [7, 11) is 1.26. The fourth-order valence-corrected chi connectivity index (χ4v) is 3.86. The van der Waals surface area contributed by atoms with Crippen molar-refractivity contribution in [3.05, 3.63) is 94.9 Å². The number of ether oxygens (including phenoxy) is 2. The van der Waals surface area contributed by atoms with Crippen LogP contribution >= 0.6 is 11.6 Å². The number of fused-ring (bicyclic) bond motifs is 1. The van der Waals surface area contributed by atoms with Crippen LogP contribution in [0.4, 0.5) is 11.4 Å². The molecule has 0 saturated heterocycles. The molecule has 4 aromatic rings. The number of anilines is 2. The smallest absolute Gasteiger partial charge is 0.159 e. The first-order chi connectivity index (χ1) is 23.6. The molecule has 0 radical (unpaired) electrons. The van der Waals surface area contributed by atoms with Crippen LogP contribution in [0.3, 0.4) is 0 Å². The van der Waals surface area contributed by atoms with Crippen LogP contribution in [0.25, 0.3) is 10.9 Å². The highest BCUT2D eigenvalue weighted by Crippen LogP contribution is 2.36. The number of carbonyl (C=O) groups is 1. The molecule has 0 saturated carbocycles. The van der Waals surface area contributed by atoms with Crippen LogP contribution in [0, 0.1) is 11.3 Å². The number of carbonyl (C=O) groups excluding carboxylic acids is 1. The second kappa shape index (κ2) is 13.6. The van der Waals surface area contributed by atoms with Crippen molar-refractivity contribution in [1.82, 2.24) is 14.9 Å². The molecule has 204 valence electrons. The molecule has 0 aliphatic carbocycles. The molecule has 2 aromatic heterocycles. The zero-order valence-corrected chi connectivity index (χ0v) is 21.9. The normalized spacial score (nSPS) is 16.8. The minimum atomic E-state index is -3.23. The van der Waals surface area contributed by atoms with Gasteiger partial charge >= 0.3 is 0 Å². The molecular formula is C31H30ClN5O3. The van der Waals surface area contributed by atoms with E-state index in [-0.39, 0.29) is 62.5 Å². The molecule has 40 heavy (non-hydrogen) atoms. The fourth-order valence-electron chi connectivity index (χ4n) is 3.64. The van der Waals surface area contributed by atoms with Gasteiger partial charge in [-0.15, -0.1) is 0 Å². The quantitative estimate of drug-likeness (QED) is 0.205. The third-order valence-electron chi connectivity index (χ3n) is 5.42. The lowest BCUT2D eigenvalue weighted by molar-refractivity contribution is -0.114. The molecule has 2 aromatic carbocycles. The van der Waals surface area contributed by atoms with E-state index in [1.165, 1.54) is 55.8 Å². The van der Waals surface area contributed by atoms with Gasteiger partial charge in [-0.25, -0.2) is 0 Å². The molecule has 0 aliphatic heterocycles. The van der Waals surface area contributed by atoms with Crippen LogP contribution in [0.15, 0.2) is 73.1 Å². The number of pyridine rings is 2. The van der Waals surface area contributed by atoms with E-state index in [1.54, 1.807) is 12.1 Å². The van der Waals surface area contributed by atoms with Crippen LogP contribution in [-0.2, 0) is 17.8 Å². The van der Waals surface area contributed by atoms with E-state index >= 15 is 0 Å². The van der Waals surface area contributed by atoms with E-state index in [9.17, 15) is 10.1 Å². The Hall–Kier alpha value is -4.45. The largest absolute Gasteiger partial charge is 0.494 e. The molecule has 0 amide bonds. The second-order valence-corrected chi connectivity index (χ2v) is 8.78. The van der Waals surface area contributed by atoms with Crippen molar-refractivity contribution in [2.24, 2.45) is 0 Å². The standard InChI is InChI=1S/C31H30ClN5O3/c1-4-39-30-17-28-26(15-21(30)14-25(38)9-7-13-37(2)3)31(22(18-33)19-35-28)36-23-10-11-29(27(32)16-23)40-20-24-8-5-6-12-34-24/h5-12,15-17,19H,4,13-14,20H2,1-3H3,(H,35,36)/b9-7+/i1D3,2D3,4D2,7D,20D2. The number of nitrogens with one attached hydrogen (secondary N) is 1. The molecule has 0 atom stereocenters. The summed E-state index contributed by atoms with van der Waals surface area (Å²) in [5.74, 6) is -1.05. The van der Waals surface area contributed by atoms with Crippen LogP contribution < -0.4 is 14.8 Å². The second-order valence-electron chi connectivity index (χ2n) is 8.38. The van der Waals surface area contributed by atoms with Gasteiger partial charge in [0, 0.05) is 56.3 Å². The Kier molecular flexibility index (Phi) is 5.86. The number of ketones is 1. The van der Waals surface area contributed by atoms with E-state index in [4.69, 9.17) is 36.2 Å². The summed E-state index contributed by atoms with van der Waals surface area (Å²) >= 11 is 6.46. The van der Waals surface area contributed by atoms with Crippen LogP contribution in [0.5, 0.6) is 11.5 Å². The van der Waals surface area contributed by atoms with Crippen LogP contribution in [-0.4, -0.2) is 47.8 Å². The SMILES string of the molecule is [2H]/C(=C\C(=O)Cc1cc2c(Nc3ccc(OC([2H])([2H])c4ccccn4)c(Cl)c3)c(C#N)cnc2cc1OC([2H])([2H])C([2H])([2H])[2H])CN(C)C([2H])([2H])[2H]. The Morgan fingerprint density at radius 3 is 2.90 bits per heavy atom. The van der Waals surface area contributed by atoms with Gasteiger partial charge in [-0.2, -0.15) is 5.26 Å². The van der Waals surface area contributed by atoms with Crippen molar-refractivity contribution in [3.63, 3.8) is 0 Å². The zero-order valence-electron chi connectivity index (χ0n) is 32.2. The van der Waals surface area contributed by atoms with Gasteiger partial charge in [0.1, 0.15) is 24.1 Å². The Morgan fingerprint density at radius 1 is 1.25 bits per heavy atom. The molecule has 1 N–H and O–H groups in total. The first-order valence-corrected chi connectivity index (χ1v) is 12.1. The number of benzene rings is 2. The van der Waals surface area contributed by atoms with Gasteiger partial charge in [0.2, 0.25) is 0 Å². The summed E-state index contributed by atoms with van der Waals surface area (Å²) in [6, 6.07) is 13.3. The van der Waals surface area contributed by atoms with Crippen molar-refractivity contribution in [2.45, 2.75) is 19.8 Å². The minimum Gasteiger partial charge on any atom is -0.494 e. The van der Waals surface area contributed by atoms with Gasteiger partial charge in [-0.1, -0.05) is 23.7 Å². The van der Waals surface area contributed by atoms with Crippen molar-refractivity contribution in [3.8, 4) is 17.6 Å². The molecule has 0 aliphatic rings. The van der Waals surface area contributed by atoms with Gasteiger partial charge in [-0.3, -0.25) is 14.8 Å². The maximum Gasteiger partial charge on any atom is 0.159 e. The van der Waals surface area contributed by atoms with Gasteiger partial charge in [0.05, 0.1) is 40.9 Å². The highest BCUT2D eigenvalue weighted by atomic mass is 35.5. The van der Waals surface area contributed by atoms with Gasteiger partial charge in [0.25, 0.3) is 0 Å². The number of rotatable bonds is 12. The van der Waals surface area contributed by atoms with Crippen LogP contribution in [0.2, 0.25) is 5.02 Å². The molecule has 0 bridgehead atoms. The van der Waals surface area contributed by atoms with Gasteiger partial charge < -0.3 is 19.7 Å². The fraction of sp³-hybridized carbons (Fsp3) is 0.226. The lowest BCUT2D eigenvalue weighted by atomic mass is 10.0. The number of hydrogen-bond acceptors (Lipinski definition) is 8. The van der Waals surface area contributed by atoms with Gasteiger partial charge in [0.15, 0.2) is 5.78 Å². The first-order valence-electron chi connectivity index (χ1n) is 17.2. The van der Waals surface area contributed by atoms with E-state index in [1.807, 2.05) is 6.07 Å². The number of likely N-dealkylation sites (N-methyl/N-ethyl adjacent to an activating group) is 1. The van der Waals surface area contributed by atoms with Crippen molar-refractivity contribution in [2.75, 3.05) is 32.4 Å².